The van der Waals surface area contributed by atoms with Crippen LogP contribution in [0.5, 0.6) is 0 Å². The maximum absolute atomic E-state index is 11.8. The summed E-state index contributed by atoms with van der Waals surface area (Å²) in [4.78, 5) is 19.3. The first-order chi connectivity index (χ1) is 7.30. The van der Waals surface area contributed by atoms with Gasteiger partial charge in [0.25, 0.3) is 0 Å². The first-order valence-electron chi connectivity index (χ1n) is 5.41. The molecule has 0 aliphatic carbocycles. The summed E-state index contributed by atoms with van der Waals surface area (Å²) in [6.07, 6.45) is 0. The van der Waals surface area contributed by atoms with E-state index < -0.39 is 0 Å². The molecule has 0 aromatic carbocycles. The summed E-state index contributed by atoms with van der Waals surface area (Å²) < 4.78 is 0. The molecule has 16 heavy (non-hydrogen) atoms. The summed E-state index contributed by atoms with van der Waals surface area (Å²) >= 11 is 1.65. The maximum atomic E-state index is 11.8. The average molecular weight is 240 g/mol. The normalized spacial score (nSPS) is 12.1. The van der Waals surface area contributed by atoms with Crippen LogP contribution in [0.4, 0.5) is 0 Å². The van der Waals surface area contributed by atoms with Crippen LogP contribution in [0, 0.1) is 12.3 Å². The molecule has 0 bridgehead atoms. The van der Waals surface area contributed by atoms with E-state index in [0.29, 0.717) is 6.54 Å². The third-order valence-electron chi connectivity index (χ3n) is 2.51. The monoisotopic (exact) mass is 240 g/mol. The fourth-order valence-electron chi connectivity index (χ4n) is 1.26. The van der Waals surface area contributed by atoms with Crippen molar-refractivity contribution in [3.05, 3.63) is 16.1 Å². The minimum Gasteiger partial charge on any atom is -0.298 e. The van der Waals surface area contributed by atoms with Crippen LogP contribution in [-0.4, -0.2) is 29.3 Å². The molecule has 1 heterocycles. The predicted octanol–water partition coefficient (Wildman–Crippen LogP) is 2.50. The lowest BCUT2D eigenvalue weighted by atomic mass is 9.90. The van der Waals surface area contributed by atoms with Crippen molar-refractivity contribution >= 4 is 17.1 Å². The largest absolute Gasteiger partial charge is 0.298 e. The van der Waals surface area contributed by atoms with Gasteiger partial charge in [-0.3, -0.25) is 9.69 Å². The number of aromatic nitrogens is 1. The van der Waals surface area contributed by atoms with Gasteiger partial charge in [-0.05, 0) is 14.0 Å². The van der Waals surface area contributed by atoms with E-state index in [1.807, 2.05) is 45.2 Å². The molecule has 0 fully saturated rings. The lowest BCUT2D eigenvalue weighted by molar-refractivity contribution is -0.127. The Bertz CT molecular complexity index is 365. The third-order valence-corrected chi connectivity index (χ3v) is 3.43. The number of thiazole rings is 1. The molecule has 1 aromatic rings. The van der Waals surface area contributed by atoms with Gasteiger partial charge < -0.3 is 0 Å². The van der Waals surface area contributed by atoms with Crippen LogP contribution in [0.3, 0.4) is 0 Å². The Labute approximate surface area is 101 Å². The van der Waals surface area contributed by atoms with Crippen LogP contribution in [0.1, 0.15) is 31.3 Å². The van der Waals surface area contributed by atoms with E-state index in [9.17, 15) is 4.79 Å². The standard InChI is InChI=1S/C12H20N2OS/c1-9-10(16-8-13-9)6-14(5)7-11(15)12(2,3)4/h8H,6-7H2,1-5H3. The number of carbonyl (C=O) groups excluding carboxylic acids is 1. The minimum absolute atomic E-state index is 0.253. The molecule has 3 nitrogen and oxygen atoms in total. The van der Waals surface area contributed by atoms with Gasteiger partial charge in [0, 0.05) is 16.8 Å². The molecule has 0 aliphatic heterocycles. The Morgan fingerprint density at radius 3 is 2.56 bits per heavy atom. The van der Waals surface area contributed by atoms with Gasteiger partial charge in [0.1, 0.15) is 0 Å². The second-order valence-corrected chi connectivity index (χ2v) is 6.15. The van der Waals surface area contributed by atoms with Gasteiger partial charge in [0.05, 0.1) is 17.7 Å². The quantitative estimate of drug-likeness (QED) is 0.810. The van der Waals surface area contributed by atoms with Gasteiger partial charge in [-0.2, -0.15) is 0 Å². The Hall–Kier alpha value is -0.740. The molecule has 1 rings (SSSR count). The van der Waals surface area contributed by atoms with Crippen molar-refractivity contribution in [1.29, 1.82) is 0 Å². The van der Waals surface area contributed by atoms with Crippen LogP contribution >= 0.6 is 11.3 Å². The second-order valence-electron chi connectivity index (χ2n) is 5.21. The van der Waals surface area contributed by atoms with Crippen molar-refractivity contribution in [2.24, 2.45) is 5.41 Å². The van der Waals surface area contributed by atoms with Gasteiger partial charge in [0.15, 0.2) is 5.78 Å². The van der Waals surface area contributed by atoms with Crippen molar-refractivity contribution in [2.75, 3.05) is 13.6 Å². The summed E-state index contributed by atoms with van der Waals surface area (Å²) in [5.74, 6) is 0.275. The Morgan fingerprint density at radius 1 is 1.50 bits per heavy atom. The van der Waals surface area contributed by atoms with E-state index in [1.54, 1.807) is 11.3 Å². The lowest BCUT2D eigenvalue weighted by Gasteiger charge is -2.21. The van der Waals surface area contributed by atoms with Crippen molar-refractivity contribution in [2.45, 2.75) is 34.2 Å². The topological polar surface area (TPSA) is 33.2 Å². The number of likely N-dealkylation sites (N-methyl/N-ethyl adjacent to an activating group) is 1. The number of carbonyl (C=O) groups is 1. The Morgan fingerprint density at radius 2 is 2.12 bits per heavy atom. The van der Waals surface area contributed by atoms with Crippen molar-refractivity contribution in [3.63, 3.8) is 0 Å². The highest BCUT2D eigenvalue weighted by atomic mass is 32.1. The molecule has 0 amide bonds. The van der Waals surface area contributed by atoms with E-state index in [0.717, 1.165) is 12.2 Å². The number of ketones is 1. The lowest BCUT2D eigenvalue weighted by Crippen LogP contribution is -2.33. The van der Waals surface area contributed by atoms with Gasteiger partial charge in [-0.1, -0.05) is 20.8 Å². The molecular formula is C12H20N2OS. The predicted molar refractivity (Wildman–Crippen MR) is 67.6 cm³/mol. The second kappa shape index (κ2) is 5.06. The molecule has 1 aromatic heterocycles. The molecule has 0 radical (unpaired) electrons. The molecule has 4 heteroatoms. The molecule has 90 valence electrons. The van der Waals surface area contributed by atoms with E-state index in [2.05, 4.69) is 4.98 Å². The highest BCUT2D eigenvalue weighted by Crippen LogP contribution is 2.17. The Kier molecular flexibility index (Phi) is 4.21. The summed E-state index contributed by atoms with van der Waals surface area (Å²) in [5.41, 5.74) is 2.67. The maximum Gasteiger partial charge on any atom is 0.152 e. The van der Waals surface area contributed by atoms with Gasteiger partial charge >= 0.3 is 0 Å². The molecular weight excluding hydrogens is 220 g/mol. The summed E-state index contributed by atoms with van der Waals surface area (Å²) in [5, 5.41) is 0. The number of nitrogens with zero attached hydrogens (tertiary/aromatic N) is 2. The number of hydrogen-bond acceptors (Lipinski definition) is 4. The smallest absolute Gasteiger partial charge is 0.152 e. The van der Waals surface area contributed by atoms with Crippen molar-refractivity contribution in [3.8, 4) is 0 Å². The van der Waals surface area contributed by atoms with E-state index in [-0.39, 0.29) is 11.2 Å². The number of rotatable bonds is 4. The first kappa shape index (κ1) is 13.3. The summed E-state index contributed by atoms with van der Waals surface area (Å²) in [7, 11) is 1.98. The van der Waals surface area contributed by atoms with Crippen LogP contribution in [-0.2, 0) is 11.3 Å². The van der Waals surface area contributed by atoms with Gasteiger partial charge in [0.2, 0.25) is 0 Å². The first-order valence-corrected chi connectivity index (χ1v) is 6.29. The zero-order valence-electron chi connectivity index (χ0n) is 10.7. The highest BCUT2D eigenvalue weighted by Gasteiger charge is 2.22. The van der Waals surface area contributed by atoms with Crippen LogP contribution in [0.2, 0.25) is 0 Å². The van der Waals surface area contributed by atoms with E-state index in [1.165, 1.54) is 4.88 Å². The molecule has 0 saturated carbocycles. The molecule has 0 unspecified atom stereocenters. The zero-order valence-corrected chi connectivity index (χ0v) is 11.5. The fourth-order valence-corrected chi connectivity index (χ4v) is 2.12. The number of aryl methyl sites for hydroxylation is 1. The number of Topliss-reactive ketones (excluding diaryl/α,β-unsaturated/α-hetero) is 1. The SMILES string of the molecule is Cc1ncsc1CN(C)CC(=O)C(C)(C)C. The van der Waals surface area contributed by atoms with E-state index in [4.69, 9.17) is 0 Å². The Balaban J connectivity index is 2.52. The summed E-state index contributed by atoms with van der Waals surface area (Å²) in [6, 6.07) is 0. The summed E-state index contributed by atoms with van der Waals surface area (Å²) in [6.45, 7) is 9.19. The minimum atomic E-state index is -0.253. The van der Waals surface area contributed by atoms with Crippen LogP contribution in [0.15, 0.2) is 5.51 Å². The highest BCUT2D eigenvalue weighted by molar-refractivity contribution is 7.09. The van der Waals surface area contributed by atoms with Crippen LogP contribution < -0.4 is 0 Å². The molecule has 0 N–H and O–H groups in total. The molecule has 0 aliphatic rings. The van der Waals surface area contributed by atoms with Crippen LogP contribution in [0.25, 0.3) is 0 Å². The van der Waals surface area contributed by atoms with Gasteiger partial charge in [-0.25, -0.2) is 4.98 Å². The van der Waals surface area contributed by atoms with Crippen molar-refractivity contribution in [1.82, 2.24) is 9.88 Å². The van der Waals surface area contributed by atoms with E-state index >= 15 is 0 Å². The fraction of sp³-hybridized carbons (Fsp3) is 0.667. The third kappa shape index (κ3) is 3.68. The van der Waals surface area contributed by atoms with Gasteiger partial charge in [-0.15, -0.1) is 11.3 Å². The zero-order chi connectivity index (χ0) is 12.3. The van der Waals surface area contributed by atoms with Crippen molar-refractivity contribution < 1.29 is 4.79 Å². The molecule has 0 atom stereocenters. The molecule has 0 saturated heterocycles. The molecule has 0 spiro atoms. The number of hydrogen-bond donors (Lipinski definition) is 0. The average Bonchev–Trinajstić information content (AvgIpc) is 2.50.